The van der Waals surface area contributed by atoms with Crippen molar-refractivity contribution in [2.75, 3.05) is 25.0 Å². The summed E-state index contributed by atoms with van der Waals surface area (Å²) in [5.74, 6) is -0.0833. The zero-order valence-electron chi connectivity index (χ0n) is 12.9. The molecule has 1 aromatic rings. The van der Waals surface area contributed by atoms with Crippen molar-refractivity contribution < 1.29 is 9.72 Å². The molecule has 1 amide bonds. The van der Waals surface area contributed by atoms with Gasteiger partial charge in [0.25, 0.3) is 11.6 Å². The Balaban J connectivity index is 3.03. The number of nitrogens with zero attached hydrogens (tertiary/aromatic N) is 2. The number of hydrogen-bond donors (Lipinski definition) is 1. The molecular formula is C15H23N3O3. The lowest BCUT2D eigenvalue weighted by Gasteiger charge is -2.21. The van der Waals surface area contributed by atoms with E-state index in [9.17, 15) is 14.9 Å². The van der Waals surface area contributed by atoms with Crippen LogP contribution in [0.4, 0.5) is 11.4 Å². The van der Waals surface area contributed by atoms with Gasteiger partial charge < -0.3 is 10.2 Å². The number of rotatable bonds is 8. The van der Waals surface area contributed by atoms with E-state index in [2.05, 4.69) is 12.2 Å². The summed E-state index contributed by atoms with van der Waals surface area (Å²) in [4.78, 5) is 24.7. The second-order valence-electron chi connectivity index (χ2n) is 4.76. The zero-order chi connectivity index (χ0) is 15.8. The number of nitrogens with one attached hydrogen (secondary N) is 1. The van der Waals surface area contributed by atoms with E-state index in [0.29, 0.717) is 30.9 Å². The average molecular weight is 293 g/mol. The molecule has 0 bridgehead atoms. The lowest BCUT2D eigenvalue weighted by atomic mass is 10.1. The molecule has 0 radical (unpaired) electrons. The van der Waals surface area contributed by atoms with Gasteiger partial charge in [-0.1, -0.05) is 13.3 Å². The fourth-order valence-corrected chi connectivity index (χ4v) is 2.10. The highest BCUT2D eigenvalue weighted by molar-refractivity contribution is 5.96. The summed E-state index contributed by atoms with van der Waals surface area (Å²) in [5.41, 5.74) is 0.861. The average Bonchev–Trinajstić information content (AvgIpc) is 2.47. The number of amides is 1. The number of unbranched alkanes of at least 4 members (excludes halogenated alkanes) is 1. The van der Waals surface area contributed by atoms with Crippen molar-refractivity contribution in [3.63, 3.8) is 0 Å². The Morgan fingerprint density at radius 1 is 1.33 bits per heavy atom. The highest BCUT2D eigenvalue weighted by Gasteiger charge is 2.19. The van der Waals surface area contributed by atoms with Crippen LogP contribution in [-0.2, 0) is 0 Å². The summed E-state index contributed by atoms with van der Waals surface area (Å²) >= 11 is 0. The van der Waals surface area contributed by atoms with Crippen molar-refractivity contribution in [2.24, 2.45) is 0 Å². The first-order valence-corrected chi connectivity index (χ1v) is 7.36. The fraction of sp³-hybridized carbons (Fsp3) is 0.533. The second-order valence-corrected chi connectivity index (χ2v) is 4.76. The molecule has 6 heteroatoms. The van der Waals surface area contributed by atoms with Gasteiger partial charge >= 0.3 is 0 Å². The van der Waals surface area contributed by atoms with E-state index in [1.807, 2.05) is 13.8 Å². The molecule has 0 saturated carbocycles. The van der Waals surface area contributed by atoms with Crippen LogP contribution in [0.25, 0.3) is 0 Å². The van der Waals surface area contributed by atoms with E-state index in [1.54, 1.807) is 11.0 Å². The van der Waals surface area contributed by atoms with Gasteiger partial charge in [0, 0.05) is 31.3 Å². The molecule has 0 spiro atoms. The van der Waals surface area contributed by atoms with E-state index in [4.69, 9.17) is 0 Å². The minimum absolute atomic E-state index is 0.00925. The summed E-state index contributed by atoms with van der Waals surface area (Å²) < 4.78 is 0. The van der Waals surface area contributed by atoms with E-state index >= 15 is 0 Å². The third-order valence-electron chi connectivity index (χ3n) is 3.26. The maximum Gasteiger partial charge on any atom is 0.292 e. The van der Waals surface area contributed by atoms with Crippen molar-refractivity contribution in [1.29, 1.82) is 0 Å². The number of nitro groups is 1. The van der Waals surface area contributed by atoms with Crippen LogP contribution in [0.2, 0.25) is 0 Å². The molecule has 0 aliphatic carbocycles. The van der Waals surface area contributed by atoms with Crippen LogP contribution < -0.4 is 5.32 Å². The van der Waals surface area contributed by atoms with Crippen LogP contribution in [0.1, 0.15) is 44.0 Å². The minimum atomic E-state index is -0.444. The Morgan fingerprint density at radius 2 is 2.05 bits per heavy atom. The van der Waals surface area contributed by atoms with Gasteiger partial charge in [-0.2, -0.15) is 0 Å². The third kappa shape index (κ3) is 4.44. The van der Waals surface area contributed by atoms with Crippen molar-refractivity contribution in [3.8, 4) is 0 Å². The SMILES string of the molecule is CCCCN(CC)C(=O)c1ccc([N+](=O)[O-])c(NCC)c1. The number of nitro benzene ring substituents is 1. The van der Waals surface area contributed by atoms with Gasteiger partial charge in [-0.05, 0) is 32.4 Å². The molecule has 0 unspecified atom stereocenters. The van der Waals surface area contributed by atoms with Gasteiger partial charge in [-0.15, -0.1) is 0 Å². The van der Waals surface area contributed by atoms with Crippen LogP contribution in [0.15, 0.2) is 18.2 Å². The summed E-state index contributed by atoms with van der Waals surface area (Å²) in [6.07, 6.45) is 1.97. The monoisotopic (exact) mass is 293 g/mol. The maximum atomic E-state index is 12.4. The molecule has 0 aliphatic rings. The number of carbonyl (C=O) groups excluding carboxylic acids is 1. The van der Waals surface area contributed by atoms with E-state index in [-0.39, 0.29) is 11.6 Å². The Morgan fingerprint density at radius 3 is 2.57 bits per heavy atom. The largest absolute Gasteiger partial charge is 0.380 e. The van der Waals surface area contributed by atoms with Crippen LogP contribution in [0, 0.1) is 10.1 Å². The molecule has 0 aliphatic heterocycles. The van der Waals surface area contributed by atoms with Crippen molar-refractivity contribution in [2.45, 2.75) is 33.6 Å². The topological polar surface area (TPSA) is 75.5 Å². The lowest BCUT2D eigenvalue weighted by Crippen LogP contribution is -2.31. The number of anilines is 1. The zero-order valence-corrected chi connectivity index (χ0v) is 12.9. The first kappa shape index (κ1) is 16.9. The minimum Gasteiger partial charge on any atom is -0.380 e. The smallest absolute Gasteiger partial charge is 0.292 e. The standard InChI is InChI=1S/C15H23N3O3/c1-4-7-10-17(6-3)15(19)12-8-9-14(18(20)21)13(11-12)16-5-2/h8-9,11,16H,4-7,10H2,1-3H3. The van der Waals surface area contributed by atoms with Crippen molar-refractivity contribution in [3.05, 3.63) is 33.9 Å². The predicted octanol–water partition coefficient (Wildman–Crippen LogP) is 3.29. The first-order chi connectivity index (χ1) is 10.0. The van der Waals surface area contributed by atoms with Crippen molar-refractivity contribution >= 4 is 17.3 Å². The molecule has 1 N–H and O–H groups in total. The summed E-state index contributed by atoms with van der Waals surface area (Å²) in [7, 11) is 0. The molecule has 0 heterocycles. The predicted molar refractivity (Wildman–Crippen MR) is 83.7 cm³/mol. The molecule has 1 aromatic carbocycles. The molecule has 1 rings (SSSR count). The molecule has 0 saturated heterocycles. The van der Waals surface area contributed by atoms with E-state index in [1.165, 1.54) is 12.1 Å². The highest BCUT2D eigenvalue weighted by Crippen LogP contribution is 2.26. The molecule has 116 valence electrons. The molecule has 6 nitrogen and oxygen atoms in total. The van der Waals surface area contributed by atoms with E-state index < -0.39 is 4.92 Å². The van der Waals surface area contributed by atoms with Crippen LogP contribution in [0.3, 0.4) is 0 Å². The molecular weight excluding hydrogens is 270 g/mol. The first-order valence-electron chi connectivity index (χ1n) is 7.36. The van der Waals surface area contributed by atoms with Crippen LogP contribution in [-0.4, -0.2) is 35.4 Å². The fourth-order valence-electron chi connectivity index (χ4n) is 2.10. The van der Waals surface area contributed by atoms with Crippen molar-refractivity contribution in [1.82, 2.24) is 4.90 Å². The maximum absolute atomic E-state index is 12.4. The molecule has 0 atom stereocenters. The summed E-state index contributed by atoms with van der Waals surface area (Å²) in [6.45, 7) is 7.77. The van der Waals surface area contributed by atoms with Crippen LogP contribution >= 0.6 is 0 Å². The normalized spacial score (nSPS) is 10.2. The number of hydrogen-bond acceptors (Lipinski definition) is 4. The molecule has 21 heavy (non-hydrogen) atoms. The van der Waals surface area contributed by atoms with Gasteiger partial charge in [-0.3, -0.25) is 14.9 Å². The Labute approximate surface area is 125 Å². The van der Waals surface area contributed by atoms with Gasteiger partial charge in [0.15, 0.2) is 0 Å². The van der Waals surface area contributed by atoms with Gasteiger partial charge in [-0.25, -0.2) is 0 Å². The van der Waals surface area contributed by atoms with E-state index in [0.717, 1.165) is 12.8 Å². The Kier molecular flexibility index (Phi) is 6.65. The Bertz CT molecular complexity index is 503. The van der Waals surface area contributed by atoms with Gasteiger partial charge in [0.1, 0.15) is 5.69 Å². The quantitative estimate of drug-likeness (QED) is 0.589. The van der Waals surface area contributed by atoms with Crippen LogP contribution in [0.5, 0.6) is 0 Å². The number of carbonyl (C=O) groups is 1. The van der Waals surface area contributed by atoms with Gasteiger partial charge in [0.2, 0.25) is 0 Å². The molecule has 0 fully saturated rings. The number of benzene rings is 1. The summed E-state index contributed by atoms with van der Waals surface area (Å²) in [6, 6.07) is 4.48. The third-order valence-corrected chi connectivity index (χ3v) is 3.26. The highest BCUT2D eigenvalue weighted by atomic mass is 16.6. The second kappa shape index (κ2) is 8.24. The lowest BCUT2D eigenvalue weighted by molar-refractivity contribution is -0.384. The van der Waals surface area contributed by atoms with Gasteiger partial charge in [0.05, 0.1) is 4.92 Å². The molecule has 0 aromatic heterocycles. The summed E-state index contributed by atoms with van der Waals surface area (Å²) in [5, 5.41) is 13.9. The Hall–Kier alpha value is -2.11.